The average molecular weight is 625 g/mol. The Labute approximate surface area is 251 Å². The number of nitrogen functional groups attached to an aromatic ring is 1. The van der Waals surface area contributed by atoms with E-state index in [4.69, 9.17) is 33.7 Å². The van der Waals surface area contributed by atoms with Crippen molar-refractivity contribution in [3.63, 3.8) is 0 Å². The average Bonchev–Trinajstić information content (AvgIpc) is 2.95. The number of nitrogens with two attached hydrogens (primary N) is 1. The highest BCUT2D eigenvalue weighted by molar-refractivity contribution is 7.92. The predicted octanol–water partition coefficient (Wildman–Crippen LogP) is 5.53. The molecule has 0 fully saturated rings. The van der Waals surface area contributed by atoms with Crippen molar-refractivity contribution in [3.05, 3.63) is 110 Å². The Morgan fingerprint density at radius 2 is 1.71 bits per heavy atom. The number of benzene rings is 3. The van der Waals surface area contributed by atoms with Crippen molar-refractivity contribution < 1.29 is 17.9 Å². The van der Waals surface area contributed by atoms with Crippen LogP contribution in [0.3, 0.4) is 0 Å². The number of ether oxygens (including phenoxy) is 1. The highest BCUT2D eigenvalue weighted by Gasteiger charge is 2.28. The fraction of sp³-hybridized carbons (Fsp3) is 0.103. The first-order valence-electron chi connectivity index (χ1n) is 12.3. The lowest BCUT2D eigenvalue weighted by Gasteiger charge is -2.17. The molecule has 0 aliphatic rings. The van der Waals surface area contributed by atoms with Gasteiger partial charge in [0.25, 0.3) is 15.6 Å². The molecular weight excluding hydrogens is 601 g/mol. The second kappa shape index (κ2) is 12.5. The molecular formula is C29H23Cl2N5O5S. The summed E-state index contributed by atoms with van der Waals surface area (Å²) in [5, 5.41) is 14.9. The van der Waals surface area contributed by atoms with Gasteiger partial charge in [0, 0.05) is 26.9 Å². The molecule has 0 unspecified atom stereocenters. The minimum atomic E-state index is -3.86. The van der Waals surface area contributed by atoms with Crippen LogP contribution in [0, 0.1) is 11.3 Å². The van der Waals surface area contributed by atoms with E-state index in [1.165, 1.54) is 36.4 Å². The Balaban J connectivity index is 1.77. The zero-order valence-electron chi connectivity index (χ0n) is 22.3. The summed E-state index contributed by atoms with van der Waals surface area (Å²) in [5.41, 5.74) is 6.09. The van der Waals surface area contributed by atoms with E-state index in [-0.39, 0.29) is 50.4 Å². The lowest BCUT2D eigenvalue weighted by Crippen LogP contribution is -2.28. The van der Waals surface area contributed by atoms with Gasteiger partial charge in [-0.15, -0.1) is 0 Å². The number of hydrogen-bond acceptors (Lipinski definition) is 8. The number of hydrogen-bond donors (Lipinski definition) is 2. The third kappa shape index (κ3) is 6.16. The Hall–Kier alpha value is -4.63. The van der Waals surface area contributed by atoms with E-state index >= 15 is 0 Å². The zero-order valence-corrected chi connectivity index (χ0v) is 24.6. The normalized spacial score (nSPS) is 11.5. The van der Waals surface area contributed by atoms with Crippen molar-refractivity contribution in [2.75, 3.05) is 17.1 Å². The van der Waals surface area contributed by atoms with Crippen LogP contribution in [-0.2, 0) is 14.8 Å². The summed E-state index contributed by atoms with van der Waals surface area (Å²) in [6.07, 6.45) is 0. The van der Waals surface area contributed by atoms with Gasteiger partial charge in [0.2, 0.25) is 0 Å². The van der Waals surface area contributed by atoms with Crippen LogP contribution < -0.4 is 16.0 Å². The molecule has 0 radical (unpaired) electrons. The van der Waals surface area contributed by atoms with Crippen molar-refractivity contribution in [2.24, 2.45) is 5.10 Å². The topological polar surface area (TPSA) is 157 Å². The Morgan fingerprint density at radius 1 is 1.07 bits per heavy atom. The van der Waals surface area contributed by atoms with Gasteiger partial charge in [-0.05, 0) is 61.9 Å². The van der Waals surface area contributed by atoms with Gasteiger partial charge in [0.15, 0.2) is 0 Å². The van der Waals surface area contributed by atoms with E-state index in [2.05, 4.69) is 9.82 Å². The molecule has 0 bridgehead atoms. The number of nitriles is 1. The van der Waals surface area contributed by atoms with Gasteiger partial charge in [-0.25, -0.2) is 13.2 Å². The molecule has 0 aliphatic carbocycles. The maximum Gasteiger partial charge on any atom is 0.342 e. The molecule has 42 heavy (non-hydrogen) atoms. The van der Waals surface area contributed by atoms with E-state index in [1.54, 1.807) is 50.2 Å². The number of pyridine rings is 1. The van der Waals surface area contributed by atoms with Crippen molar-refractivity contribution in [1.29, 1.82) is 5.26 Å². The molecule has 0 saturated heterocycles. The number of esters is 1. The fourth-order valence-electron chi connectivity index (χ4n) is 4.04. The highest BCUT2D eigenvalue weighted by atomic mass is 35.5. The Morgan fingerprint density at radius 3 is 2.31 bits per heavy atom. The van der Waals surface area contributed by atoms with Gasteiger partial charge in [-0.2, -0.15) is 15.0 Å². The van der Waals surface area contributed by atoms with Gasteiger partial charge in [-0.3, -0.25) is 9.52 Å². The molecule has 0 aliphatic heterocycles. The van der Waals surface area contributed by atoms with Crippen LogP contribution >= 0.6 is 23.2 Å². The minimum Gasteiger partial charge on any atom is -0.462 e. The summed E-state index contributed by atoms with van der Waals surface area (Å²) in [7, 11) is -3.86. The number of rotatable bonds is 8. The molecule has 4 rings (SSSR count). The molecule has 1 heterocycles. The van der Waals surface area contributed by atoms with Gasteiger partial charge >= 0.3 is 5.97 Å². The van der Waals surface area contributed by atoms with Crippen molar-refractivity contribution in [2.45, 2.75) is 18.7 Å². The van der Waals surface area contributed by atoms with Crippen LogP contribution in [0.15, 0.2) is 87.6 Å². The highest BCUT2D eigenvalue weighted by Crippen LogP contribution is 2.35. The van der Waals surface area contributed by atoms with Crippen LogP contribution in [-0.4, -0.2) is 31.4 Å². The van der Waals surface area contributed by atoms with Crippen LogP contribution in [0.25, 0.3) is 11.1 Å². The van der Waals surface area contributed by atoms with E-state index in [9.17, 15) is 23.3 Å². The number of aromatic nitrogens is 1. The smallest absolute Gasteiger partial charge is 0.342 e. The van der Waals surface area contributed by atoms with Gasteiger partial charge in [0.1, 0.15) is 23.0 Å². The fourth-order valence-corrected chi connectivity index (χ4v) is 5.46. The first kappa shape index (κ1) is 30.3. The number of nitrogens with one attached hydrogen (secondary N) is 1. The SMILES string of the molecule is CCOC(=O)c1c(-c2ccccc2Cl)c(C#N)c(=O)n(/N=C(\C)c2ccc(NS(=O)(=O)c3ccc(Cl)cc3)cc2)c1N. The van der Waals surface area contributed by atoms with Crippen LogP contribution in [0.5, 0.6) is 0 Å². The maximum atomic E-state index is 13.5. The van der Waals surface area contributed by atoms with E-state index in [0.29, 0.717) is 10.6 Å². The second-order valence-corrected chi connectivity index (χ2v) is 11.3. The van der Waals surface area contributed by atoms with Crippen LogP contribution in [0.1, 0.15) is 35.3 Å². The summed E-state index contributed by atoms with van der Waals surface area (Å²) in [6, 6.07) is 20.2. The molecule has 0 amide bonds. The monoisotopic (exact) mass is 623 g/mol. The van der Waals surface area contributed by atoms with Crippen molar-refractivity contribution in [3.8, 4) is 17.2 Å². The molecule has 3 N–H and O–H groups in total. The lowest BCUT2D eigenvalue weighted by atomic mass is 9.96. The third-order valence-corrected chi connectivity index (χ3v) is 8.03. The quantitative estimate of drug-likeness (QED) is 0.193. The van der Waals surface area contributed by atoms with Crippen LogP contribution in [0.4, 0.5) is 11.5 Å². The number of anilines is 2. The van der Waals surface area contributed by atoms with Gasteiger partial charge in [-0.1, -0.05) is 53.5 Å². The minimum absolute atomic E-state index is 0.0116. The van der Waals surface area contributed by atoms with E-state index in [0.717, 1.165) is 4.68 Å². The predicted molar refractivity (Wildman–Crippen MR) is 163 cm³/mol. The molecule has 3 aromatic carbocycles. The molecule has 10 nitrogen and oxygen atoms in total. The zero-order chi connectivity index (χ0) is 30.6. The van der Waals surface area contributed by atoms with Crippen molar-refractivity contribution in [1.82, 2.24) is 4.68 Å². The molecule has 4 aromatic rings. The summed E-state index contributed by atoms with van der Waals surface area (Å²) < 4.78 is 33.8. The maximum absolute atomic E-state index is 13.5. The standard InChI is InChI=1S/C29H23Cl2N5O5S/c1-3-41-29(38)26-25(22-6-4-5-7-24(22)31)23(16-32)28(37)36(27(26)33)34-17(2)18-8-12-20(13-9-18)35-42(39,40)21-14-10-19(30)11-15-21/h4-15,35H,3,33H2,1-2H3/b34-17+. The summed E-state index contributed by atoms with van der Waals surface area (Å²) in [4.78, 5) is 26.6. The molecule has 0 atom stereocenters. The number of nitrogens with zero attached hydrogens (tertiary/aromatic N) is 3. The van der Waals surface area contributed by atoms with Crippen molar-refractivity contribution >= 4 is 56.4 Å². The van der Waals surface area contributed by atoms with Crippen LogP contribution in [0.2, 0.25) is 10.0 Å². The molecule has 13 heteroatoms. The third-order valence-electron chi connectivity index (χ3n) is 6.05. The molecule has 1 aromatic heterocycles. The second-order valence-electron chi connectivity index (χ2n) is 8.76. The summed E-state index contributed by atoms with van der Waals surface area (Å²) in [5.74, 6) is -1.21. The number of carbonyl (C=O) groups is 1. The van der Waals surface area contributed by atoms with E-state index in [1.807, 2.05) is 6.07 Å². The largest absolute Gasteiger partial charge is 0.462 e. The van der Waals surface area contributed by atoms with Gasteiger partial charge < -0.3 is 10.5 Å². The Kier molecular flexibility index (Phi) is 9.02. The van der Waals surface area contributed by atoms with Gasteiger partial charge in [0.05, 0.1) is 17.2 Å². The van der Waals surface area contributed by atoms with E-state index < -0.39 is 27.1 Å². The first-order chi connectivity index (χ1) is 20.0. The molecule has 0 saturated carbocycles. The number of carbonyl (C=O) groups excluding carboxylic acids is 1. The first-order valence-corrected chi connectivity index (χ1v) is 14.6. The summed E-state index contributed by atoms with van der Waals surface area (Å²) >= 11 is 12.2. The number of sulfonamides is 1. The number of halogens is 2. The summed E-state index contributed by atoms with van der Waals surface area (Å²) in [6.45, 7) is 3.19. The lowest BCUT2D eigenvalue weighted by molar-refractivity contribution is 0.0527. The molecule has 0 spiro atoms. The Bertz CT molecular complexity index is 1910. The molecule has 214 valence electrons.